The monoisotopic (exact) mass is 437 g/mol. The maximum atomic E-state index is 14.1. The second kappa shape index (κ2) is 9.09. The number of hydrogen-bond donors (Lipinski definition) is 2. The highest BCUT2D eigenvalue weighted by atomic mass is 32.2. The maximum Gasteiger partial charge on any atom is 0.408 e. The number of nitrogens with one attached hydrogen (secondary N) is 1. The van der Waals surface area contributed by atoms with Gasteiger partial charge in [-0.3, -0.25) is 4.79 Å². The number of hydrogen-bond acceptors (Lipinski definition) is 4. The Morgan fingerprint density at radius 1 is 1.17 bits per heavy atom. The van der Waals surface area contributed by atoms with E-state index < -0.39 is 39.4 Å². The summed E-state index contributed by atoms with van der Waals surface area (Å²) in [5.74, 6) is -1.31. The Hall–Kier alpha value is -2.52. The fourth-order valence-electron chi connectivity index (χ4n) is 2.88. The maximum absolute atomic E-state index is 14.1. The van der Waals surface area contributed by atoms with Gasteiger partial charge in [0.05, 0.1) is 4.90 Å². The predicted molar refractivity (Wildman–Crippen MR) is 115 cm³/mol. The van der Waals surface area contributed by atoms with Crippen LogP contribution in [-0.4, -0.2) is 27.9 Å². The van der Waals surface area contributed by atoms with E-state index in [9.17, 15) is 18.2 Å². The molecular weight excluding hydrogens is 409 g/mol. The average Bonchev–Trinajstić information content (AvgIpc) is 2.59. The van der Waals surface area contributed by atoms with Gasteiger partial charge in [-0.15, -0.1) is 4.36 Å². The van der Waals surface area contributed by atoms with Crippen molar-refractivity contribution in [3.63, 3.8) is 0 Å². The molecule has 0 fully saturated rings. The lowest BCUT2D eigenvalue weighted by atomic mass is 10.0. The molecule has 0 saturated carbocycles. The molecule has 7 nitrogen and oxygen atoms in total. The molecule has 0 bridgehead atoms. The summed E-state index contributed by atoms with van der Waals surface area (Å²) in [6.45, 7) is 8.82. The summed E-state index contributed by atoms with van der Waals surface area (Å²) in [4.78, 5) is 25.0. The van der Waals surface area contributed by atoms with Crippen LogP contribution in [0.15, 0.2) is 45.7 Å². The lowest BCUT2D eigenvalue weighted by molar-refractivity contribution is -0.120. The molecule has 2 aromatic carbocycles. The third kappa shape index (κ3) is 6.24. The van der Waals surface area contributed by atoms with Crippen molar-refractivity contribution in [3.8, 4) is 0 Å². The van der Waals surface area contributed by atoms with E-state index >= 15 is 0 Å². The summed E-state index contributed by atoms with van der Waals surface area (Å²) in [6.07, 6.45) is -0.534. The first kappa shape index (κ1) is 23.8. The van der Waals surface area contributed by atoms with Crippen LogP contribution >= 0.6 is 0 Å². The number of nitrogens with two attached hydrogens (primary N) is 1. The molecule has 1 unspecified atom stereocenters. The van der Waals surface area contributed by atoms with Crippen LogP contribution in [-0.2, 0) is 19.4 Å². The predicted octanol–water partition coefficient (Wildman–Crippen LogP) is 4.15. The fraction of sp³-hybridized carbons (Fsp3) is 0.429. The molecule has 2 aromatic rings. The van der Waals surface area contributed by atoms with Crippen molar-refractivity contribution < 1.29 is 22.9 Å². The van der Waals surface area contributed by atoms with Gasteiger partial charge in [0.15, 0.2) is 0 Å². The Morgan fingerprint density at radius 2 is 1.77 bits per heavy atom. The summed E-state index contributed by atoms with van der Waals surface area (Å²) in [6, 6.07) is 7.70. The molecule has 2 amide bonds. The molecular formula is C21H28FN3O4S. The number of amides is 2. The van der Waals surface area contributed by atoms with E-state index in [1.165, 1.54) is 12.1 Å². The van der Waals surface area contributed by atoms with E-state index in [1.807, 2.05) is 13.8 Å². The summed E-state index contributed by atoms with van der Waals surface area (Å²) in [7, 11) is -3.69. The minimum Gasteiger partial charge on any atom is -0.444 e. The van der Waals surface area contributed by atoms with Crippen molar-refractivity contribution in [2.45, 2.75) is 57.6 Å². The van der Waals surface area contributed by atoms with Crippen molar-refractivity contribution in [1.29, 1.82) is 0 Å². The van der Waals surface area contributed by atoms with E-state index in [2.05, 4.69) is 9.68 Å². The van der Waals surface area contributed by atoms with Crippen LogP contribution < -0.4 is 10.5 Å². The third-order valence-electron chi connectivity index (χ3n) is 4.07. The molecule has 0 aliphatic heterocycles. The lowest BCUT2D eigenvalue weighted by Gasteiger charge is -2.23. The number of rotatable bonds is 5. The van der Waals surface area contributed by atoms with Crippen LogP contribution in [0.5, 0.6) is 0 Å². The van der Waals surface area contributed by atoms with E-state index in [1.54, 1.807) is 39.0 Å². The second-order valence-electron chi connectivity index (χ2n) is 8.42. The largest absolute Gasteiger partial charge is 0.444 e. The molecule has 30 heavy (non-hydrogen) atoms. The minimum atomic E-state index is -3.69. The normalized spacial score (nSPS) is 14.8. The SMILES string of the molecule is CC(C)C[C@H](NC(=O)OC(C)(C)C)C(=O)N=S(N)(=O)c1ccc(F)c2ccccc12. The summed E-state index contributed by atoms with van der Waals surface area (Å²) in [5.41, 5.74) is -0.749. The molecule has 0 heterocycles. The zero-order chi connectivity index (χ0) is 22.7. The van der Waals surface area contributed by atoms with Crippen LogP contribution in [0.1, 0.15) is 41.0 Å². The highest BCUT2D eigenvalue weighted by Gasteiger charge is 2.27. The number of nitrogens with zero attached hydrogens (tertiary/aromatic N) is 1. The van der Waals surface area contributed by atoms with Crippen molar-refractivity contribution in [1.82, 2.24) is 5.32 Å². The Bertz CT molecular complexity index is 1070. The van der Waals surface area contributed by atoms with Gasteiger partial charge < -0.3 is 10.1 Å². The van der Waals surface area contributed by atoms with E-state index in [4.69, 9.17) is 9.88 Å². The van der Waals surface area contributed by atoms with E-state index in [0.29, 0.717) is 5.39 Å². The van der Waals surface area contributed by atoms with Crippen LogP contribution in [0.25, 0.3) is 10.8 Å². The van der Waals surface area contributed by atoms with Gasteiger partial charge in [-0.05, 0) is 45.2 Å². The summed E-state index contributed by atoms with van der Waals surface area (Å²) >= 11 is 0. The van der Waals surface area contributed by atoms with Gasteiger partial charge in [-0.25, -0.2) is 18.5 Å². The molecule has 0 aliphatic carbocycles. The number of carbonyl (C=O) groups excluding carboxylic acids is 2. The quantitative estimate of drug-likeness (QED) is 0.732. The standard InChI is InChI=1S/C21H28FN3O4S/c1-13(2)12-17(24-20(27)29-21(3,4)5)19(26)25-30(23,28)18-11-10-16(22)14-8-6-7-9-15(14)18/h6-11,13,17H,12H2,1-5H3,(H,24,27)(H2,23,25,26,28)/t17-,30?/m0/s1. The molecule has 0 saturated heterocycles. The second-order valence-corrected chi connectivity index (χ2v) is 10.2. The Kier molecular flexibility index (Phi) is 7.20. The van der Waals surface area contributed by atoms with E-state index in [-0.39, 0.29) is 22.6 Å². The van der Waals surface area contributed by atoms with Gasteiger partial charge in [0, 0.05) is 10.8 Å². The Balaban J connectivity index is 2.42. The number of fused-ring (bicyclic) bond motifs is 1. The van der Waals surface area contributed by atoms with Crippen LogP contribution in [0.2, 0.25) is 0 Å². The molecule has 2 atom stereocenters. The van der Waals surface area contributed by atoms with Gasteiger partial charge in [0.25, 0.3) is 5.91 Å². The third-order valence-corrected chi connectivity index (χ3v) is 5.51. The first-order valence-electron chi connectivity index (χ1n) is 9.55. The number of ether oxygens (including phenoxy) is 1. The molecule has 164 valence electrons. The van der Waals surface area contributed by atoms with Crippen LogP contribution in [0, 0.1) is 11.7 Å². The fourth-order valence-corrected chi connectivity index (χ4v) is 4.13. The first-order chi connectivity index (χ1) is 13.8. The highest BCUT2D eigenvalue weighted by Crippen LogP contribution is 2.25. The topological polar surface area (TPSA) is 111 Å². The molecule has 0 radical (unpaired) electrons. The summed E-state index contributed by atoms with van der Waals surface area (Å²) < 4.78 is 36.2. The number of carbonyl (C=O) groups is 2. The van der Waals surface area contributed by atoms with Gasteiger partial charge in [0.2, 0.25) is 0 Å². The van der Waals surface area contributed by atoms with Gasteiger partial charge >= 0.3 is 6.09 Å². The number of halogens is 1. The van der Waals surface area contributed by atoms with E-state index in [0.717, 1.165) is 6.07 Å². The highest BCUT2D eigenvalue weighted by molar-refractivity contribution is 7.92. The molecule has 0 spiro atoms. The number of alkyl carbamates (subject to hydrolysis) is 1. The van der Waals surface area contributed by atoms with Gasteiger partial charge in [0.1, 0.15) is 27.4 Å². The molecule has 0 aliphatic rings. The molecule has 9 heteroatoms. The molecule has 3 N–H and O–H groups in total. The molecule has 2 rings (SSSR count). The van der Waals surface area contributed by atoms with Crippen molar-refractivity contribution in [2.75, 3.05) is 0 Å². The van der Waals surface area contributed by atoms with Crippen molar-refractivity contribution in [2.24, 2.45) is 15.4 Å². The van der Waals surface area contributed by atoms with Crippen LogP contribution in [0.3, 0.4) is 0 Å². The van der Waals surface area contributed by atoms with Crippen molar-refractivity contribution in [3.05, 3.63) is 42.2 Å². The molecule has 0 aromatic heterocycles. The van der Waals surface area contributed by atoms with Crippen LogP contribution in [0.4, 0.5) is 9.18 Å². The summed E-state index contributed by atoms with van der Waals surface area (Å²) in [5, 5.41) is 8.94. The smallest absolute Gasteiger partial charge is 0.408 e. The first-order valence-corrected chi connectivity index (χ1v) is 11.1. The average molecular weight is 438 g/mol. The van der Waals surface area contributed by atoms with Gasteiger partial charge in [-0.2, -0.15) is 0 Å². The Morgan fingerprint density at radius 3 is 2.33 bits per heavy atom. The van der Waals surface area contributed by atoms with Gasteiger partial charge in [-0.1, -0.05) is 38.1 Å². The zero-order valence-corrected chi connectivity index (χ0v) is 18.6. The lowest BCUT2D eigenvalue weighted by Crippen LogP contribution is -2.44. The zero-order valence-electron chi connectivity index (χ0n) is 17.8. The Labute approximate surface area is 176 Å². The minimum absolute atomic E-state index is 0.0320. The van der Waals surface area contributed by atoms with Crippen molar-refractivity contribution >= 4 is 32.7 Å². The number of benzene rings is 2.